The topological polar surface area (TPSA) is 61.8 Å². The number of rotatable bonds is 6. The number of methoxy groups -OCH3 is 1. The van der Waals surface area contributed by atoms with E-state index in [1.807, 2.05) is 0 Å². The highest BCUT2D eigenvalue weighted by atomic mass is 32.2. The fourth-order valence-corrected chi connectivity index (χ4v) is 1.32. The second kappa shape index (κ2) is 8.41. The van der Waals surface area contributed by atoms with E-state index in [1.165, 1.54) is 6.92 Å². The Bertz CT molecular complexity index is 229. The molecule has 0 aliphatic carbocycles. The minimum atomic E-state index is -0.850. The van der Waals surface area contributed by atoms with Gasteiger partial charge in [-0.15, -0.1) is 0 Å². The van der Waals surface area contributed by atoms with Crippen molar-refractivity contribution in [2.45, 2.75) is 27.1 Å². The molecule has 0 aromatic rings. The molecule has 0 N–H and O–H groups in total. The van der Waals surface area contributed by atoms with Crippen molar-refractivity contribution in [2.24, 2.45) is 5.92 Å². The van der Waals surface area contributed by atoms with Crippen molar-refractivity contribution in [1.29, 1.82) is 0 Å². The van der Waals surface area contributed by atoms with Gasteiger partial charge in [-0.1, -0.05) is 13.8 Å². The summed E-state index contributed by atoms with van der Waals surface area (Å²) in [4.78, 5) is 22.3. The van der Waals surface area contributed by atoms with Gasteiger partial charge in [0, 0.05) is 19.8 Å². The fraction of sp³-hybridized carbons (Fsp3) is 0.800. The van der Waals surface area contributed by atoms with E-state index in [0.717, 1.165) is 11.8 Å². The molecule has 0 bridgehead atoms. The number of ether oxygens (including phenoxy) is 3. The van der Waals surface area contributed by atoms with E-state index in [0.29, 0.717) is 12.4 Å². The Morgan fingerprint density at radius 3 is 2.31 bits per heavy atom. The van der Waals surface area contributed by atoms with Crippen LogP contribution in [0.25, 0.3) is 0 Å². The molecule has 1 atom stereocenters. The van der Waals surface area contributed by atoms with Gasteiger partial charge in [-0.3, -0.25) is 4.79 Å². The third kappa shape index (κ3) is 7.53. The van der Waals surface area contributed by atoms with E-state index in [2.05, 4.69) is 0 Å². The van der Waals surface area contributed by atoms with E-state index in [9.17, 15) is 9.59 Å². The molecule has 0 amide bonds. The molecular formula is C10H18O5S. The summed E-state index contributed by atoms with van der Waals surface area (Å²) < 4.78 is 14.5. The molecule has 0 saturated heterocycles. The summed E-state index contributed by atoms with van der Waals surface area (Å²) in [7, 11) is 1.55. The molecule has 5 nitrogen and oxygen atoms in total. The average molecular weight is 250 g/mol. The molecular weight excluding hydrogens is 232 g/mol. The van der Waals surface area contributed by atoms with E-state index in [-0.39, 0.29) is 11.9 Å². The molecule has 0 rings (SSSR count). The van der Waals surface area contributed by atoms with Crippen LogP contribution in [0.3, 0.4) is 0 Å². The lowest BCUT2D eigenvalue weighted by molar-refractivity contribution is -0.167. The van der Waals surface area contributed by atoms with Crippen LogP contribution >= 0.6 is 11.8 Å². The summed E-state index contributed by atoms with van der Waals surface area (Å²) in [6.45, 7) is 5.41. The van der Waals surface area contributed by atoms with Gasteiger partial charge in [-0.2, -0.15) is 0 Å². The Kier molecular flexibility index (Phi) is 8.01. The van der Waals surface area contributed by atoms with Crippen LogP contribution in [0.1, 0.15) is 20.8 Å². The zero-order valence-corrected chi connectivity index (χ0v) is 10.8. The lowest BCUT2D eigenvalue weighted by atomic mass is 10.2. The Labute approximate surface area is 99.8 Å². The molecule has 0 aliphatic rings. The molecule has 0 fully saturated rings. The van der Waals surface area contributed by atoms with Crippen LogP contribution in [0.5, 0.6) is 0 Å². The molecule has 16 heavy (non-hydrogen) atoms. The summed E-state index contributed by atoms with van der Waals surface area (Å²) in [6.07, 6.45) is -0.850. The highest BCUT2D eigenvalue weighted by molar-refractivity contribution is 8.13. The average Bonchev–Trinajstić information content (AvgIpc) is 2.17. The van der Waals surface area contributed by atoms with Gasteiger partial charge < -0.3 is 14.2 Å². The first kappa shape index (κ1) is 15.2. The SMILES string of the molecule is COCCSC(=O)OC(C)OC(=O)C(C)C. The van der Waals surface area contributed by atoms with Gasteiger partial charge in [-0.05, 0) is 11.8 Å². The van der Waals surface area contributed by atoms with E-state index in [1.54, 1.807) is 21.0 Å². The number of esters is 1. The van der Waals surface area contributed by atoms with Gasteiger partial charge in [0.05, 0.1) is 12.5 Å². The van der Waals surface area contributed by atoms with E-state index < -0.39 is 11.6 Å². The zero-order chi connectivity index (χ0) is 12.6. The van der Waals surface area contributed by atoms with Gasteiger partial charge in [0.15, 0.2) is 0 Å². The Morgan fingerprint density at radius 2 is 1.81 bits per heavy atom. The maximum atomic E-state index is 11.2. The molecule has 0 aromatic carbocycles. The Morgan fingerprint density at radius 1 is 1.19 bits per heavy atom. The number of carbonyl (C=O) groups excluding carboxylic acids is 2. The summed E-state index contributed by atoms with van der Waals surface area (Å²) in [6, 6.07) is 0. The van der Waals surface area contributed by atoms with Crippen LogP contribution in [0.2, 0.25) is 0 Å². The van der Waals surface area contributed by atoms with Gasteiger partial charge in [-0.25, -0.2) is 4.79 Å². The van der Waals surface area contributed by atoms with E-state index in [4.69, 9.17) is 14.2 Å². The van der Waals surface area contributed by atoms with Crippen LogP contribution < -0.4 is 0 Å². The molecule has 0 aliphatic heterocycles. The largest absolute Gasteiger partial charge is 0.425 e. The Hall–Kier alpha value is -0.750. The van der Waals surface area contributed by atoms with Crippen LogP contribution in [0.15, 0.2) is 0 Å². The highest BCUT2D eigenvalue weighted by Crippen LogP contribution is 2.09. The van der Waals surface area contributed by atoms with Crippen molar-refractivity contribution in [3.05, 3.63) is 0 Å². The van der Waals surface area contributed by atoms with E-state index >= 15 is 0 Å². The van der Waals surface area contributed by atoms with Crippen molar-refractivity contribution in [3.8, 4) is 0 Å². The summed E-state index contributed by atoms with van der Waals surface area (Å²) in [5.41, 5.74) is 0. The fourth-order valence-electron chi connectivity index (χ4n) is 0.702. The smallest absolute Gasteiger partial charge is 0.370 e. The summed E-state index contributed by atoms with van der Waals surface area (Å²) in [5.74, 6) is -0.107. The molecule has 1 unspecified atom stereocenters. The van der Waals surface area contributed by atoms with Crippen molar-refractivity contribution in [3.63, 3.8) is 0 Å². The zero-order valence-electron chi connectivity index (χ0n) is 10.0. The first-order chi connectivity index (χ1) is 7.47. The molecule has 0 heterocycles. The number of hydrogen-bond donors (Lipinski definition) is 0. The maximum Gasteiger partial charge on any atom is 0.370 e. The quantitative estimate of drug-likeness (QED) is 0.408. The first-order valence-electron chi connectivity index (χ1n) is 5.00. The second-order valence-corrected chi connectivity index (χ2v) is 4.40. The summed E-state index contributed by atoms with van der Waals surface area (Å²) in [5, 5.41) is -0.471. The predicted molar refractivity (Wildman–Crippen MR) is 61.2 cm³/mol. The molecule has 0 spiro atoms. The molecule has 0 saturated carbocycles. The van der Waals surface area contributed by atoms with Crippen LogP contribution in [0.4, 0.5) is 4.79 Å². The minimum absolute atomic E-state index is 0.234. The third-order valence-electron chi connectivity index (χ3n) is 1.52. The normalized spacial score (nSPS) is 12.3. The van der Waals surface area contributed by atoms with Gasteiger partial charge in [0.1, 0.15) is 0 Å². The van der Waals surface area contributed by atoms with Crippen LogP contribution in [-0.4, -0.2) is 37.0 Å². The van der Waals surface area contributed by atoms with Crippen molar-refractivity contribution in [1.82, 2.24) is 0 Å². The van der Waals surface area contributed by atoms with Crippen molar-refractivity contribution in [2.75, 3.05) is 19.5 Å². The number of thioether (sulfide) groups is 1. The monoisotopic (exact) mass is 250 g/mol. The molecule has 6 heteroatoms. The van der Waals surface area contributed by atoms with Gasteiger partial charge in [0.25, 0.3) is 0 Å². The molecule has 94 valence electrons. The second-order valence-electron chi connectivity index (χ2n) is 3.37. The number of hydrogen-bond acceptors (Lipinski definition) is 6. The third-order valence-corrected chi connectivity index (χ3v) is 2.23. The lowest BCUT2D eigenvalue weighted by Crippen LogP contribution is -2.23. The van der Waals surface area contributed by atoms with Crippen LogP contribution in [0, 0.1) is 5.92 Å². The lowest BCUT2D eigenvalue weighted by Gasteiger charge is -2.14. The first-order valence-corrected chi connectivity index (χ1v) is 5.98. The van der Waals surface area contributed by atoms with Gasteiger partial charge in [0.2, 0.25) is 6.29 Å². The standard InChI is InChI=1S/C10H18O5S/c1-7(2)9(11)14-8(3)15-10(12)16-6-5-13-4/h7-8H,5-6H2,1-4H3. The minimum Gasteiger partial charge on any atom is -0.425 e. The summed E-state index contributed by atoms with van der Waals surface area (Å²) >= 11 is 0.987. The van der Waals surface area contributed by atoms with Crippen molar-refractivity contribution < 1.29 is 23.8 Å². The van der Waals surface area contributed by atoms with Gasteiger partial charge >= 0.3 is 11.3 Å². The predicted octanol–water partition coefficient (Wildman–Crippen LogP) is 2.05. The number of carbonyl (C=O) groups is 2. The highest BCUT2D eigenvalue weighted by Gasteiger charge is 2.16. The molecule has 0 radical (unpaired) electrons. The van der Waals surface area contributed by atoms with Crippen LogP contribution in [-0.2, 0) is 19.0 Å². The Balaban J connectivity index is 3.73. The molecule has 0 aromatic heterocycles. The van der Waals surface area contributed by atoms with Crippen molar-refractivity contribution >= 4 is 23.0 Å². The maximum absolute atomic E-state index is 11.2.